The van der Waals surface area contributed by atoms with Gasteiger partial charge in [-0.05, 0) is 18.9 Å². The van der Waals surface area contributed by atoms with Crippen LogP contribution in [0.1, 0.15) is 24.6 Å². The van der Waals surface area contributed by atoms with Gasteiger partial charge < -0.3 is 14.8 Å². The van der Waals surface area contributed by atoms with Crippen molar-refractivity contribution in [3.05, 3.63) is 24.3 Å². The molecule has 1 N–H and O–H groups in total. The summed E-state index contributed by atoms with van der Waals surface area (Å²) in [5.41, 5.74) is 0.989. The van der Waals surface area contributed by atoms with Crippen molar-refractivity contribution in [3.8, 4) is 0 Å². The summed E-state index contributed by atoms with van der Waals surface area (Å²) in [6.07, 6.45) is 5.75. The summed E-state index contributed by atoms with van der Waals surface area (Å²) in [6, 6.07) is 1.94. The zero-order chi connectivity index (χ0) is 12.6. The monoisotopic (exact) mass is 251 g/mol. The van der Waals surface area contributed by atoms with Crippen molar-refractivity contribution in [1.82, 2.24) is 15.3 Å². The first kappa shape index (κ1) is 13.4. The van der Waals surface area contributed by atoms with Gasteiger partial charge in [-0.25, -0.2) is 9.97 Å². The second-order valence-electron chi connectivity index (χ2n) is 4.52. The number of hydrogen-bond donors (Lipinski definition) is 1. The maximum absolute atomic E-state index is 5.87. The highest BCUT2D eigenvalue weighted by atomic mass is 16.5. The van der Waals surface area contributed by atoms with Gasteiger partial charge in [0.2, 0.25) is 0 Å². The van der Waals surface area contributed by atoms with Crippen LogP contribution in [-0.2, 0) is 9.47 Å². The van der Waals surface area contributed by atoms with Crippen LogP contribution in [0.2, 0.25) is 0 Å². The molecule has 0 saturated carbocycles. The summed E-state index contributed by atoms with van der Waals surface area (Å²) < 4.78 is 10.9. The lowest BCUT2D eigenvalue weighted by Crippen LogP contribution is -2.33. The Kier molecular flexibility index (Phi) is 5.51. The van der Waals surface area contributed by atoms with Crippen LogP contribution in [0.4, 0.5) is 0 Å². The van der Waals surface area contributed by atoms with Crippen molar-refractivity contribution in [2.75, 3.05) is 33.4 Å². The molecule has 2 atom stereocenters. The van der Waals surface area contributed by atoms with E-state index < -0.39 is 0 Å². The van der Waals surface area contributed by atoms with Crippen LogP contribution in [0, 0.1) is 5.92 Å². The number of hydrogen-bond acceptors (Lipinski definition) is 5. The first-order valence-corrected chi connectivity index (χ1v) is 6.49. The Morgan fingerprint density at radius 2 is 2.50 bits per heavy atom. The minimum absolute atomic E-state index is 0.0943. The van der Waals surface area contributed by atoms with Gasteiger partial charge in [0.1, 0.15) is 12.4 Å². The number of ether oxygens (including phenoxy) is 2. The molecule has 0 amide bonds. The highest BCUT2D eigenvalue weighted by Gasteiger charge is 2.27. The standard InChI is InChI=1S/C13H21N3O2/c1-17-8-6-14-9-11-3-2-7-18-13(11)12-4-5-15-10-16-12/h4-5,10-11,13-14H,2-3,6-9H2,1H3. The quantitative estimate of drug-likeness (QED) is 0.769. The molecule has 0 bridgehead atoms. The average molecular weight is 251 g/mol. The van der Waals surface area contributed by atoms with E-state index in [1.807, 2.05) is 6.07 Å². The van der Waals surface area contributed by atoms with Gasteiger partial charge in [0.15, 0.2) is 0 Å². The van der Waals surface area contributed by atoms with E-state index in [4.69, 9.17) is 9.47 Å². The molecule has 2 unspecified atom stereocenters. The van der Waals surface area contributed by atoms with Crippen LogP contribution < -0.4 is 5.32 Å². The molecule has 1 fully saturated rings. The SMILES string of the molecule is COCCNCC1CCCOC1c1ccncn1. The Hall–Kier alpha value is -1.04. The number of aromatic nitrogens is 2. The van der Waals surface area contributed by atoms with E-state index >= 15 is 0 Å². The molecular formula is C13H21N3O2. The summed E-state index contributed by atoms with van der Waals surface area (Å²) in [5, 5.41) is 3.41. The predicted molar refractivity (Wildman–Crippen MR) is 68.2 cm³/mol. The normalized spacial score (nSPS) is 24.1. The molecule has 18 heavy (non-hydrogen) atoms. The third-order valence-corrected chi connectivity index (χ3v) is 3.23. The van der Waals surface area contributed by atoms with Gasteiger partial charge in [0.05, 0.1) is 12.3 Å². The Labute approximate surface area is 108 Å². The molecule has 1 saturated heterocycles. The van der Waals surface area contributed by atoms with Gasteiger partial charge in [0, 0.05) is 38.9 Å². The zero-order valence-corrected chi connectivity index (χ0v) is 10.8. The third kappa shape index (κ3) is 3.73. The van der Waals surface area contributed by atoms with Crippen LogP contribution in [0.3, 0.4) is 0 Å². The summed E-state index contributed by atoms with van der Waals surface area (Å²) in [5.74, 6) is 0.477. The summed E-state index contributed by atoms with van der Waals surface area (Å²) in [4.78, 5) is 8.26. The smallest absolute Gasteiger partial charge is 0.115 e. The number of rotatable bonds is 6. The van der Waals surface area contributed by atoms with E-state index in [-0.39, 0.29) is 6.10 Å². The minimum atomic E-state index is 0.0943. The van der Waals surface area contributed by atoms with Gasteiger partial charge in [-0.2, -0.15) is 0 Å². The fraction of sp³-hybridized carbons (Fsp3) is 0.692. The predicted octanol–water partition coefficient (Wildman–Crippen LogP) is 1.18. The van der Waals surface area contributed by atoms with Crippen LogP contribution in [0.25, 0.3) is 0 Å². The molecular weight excluding hydrogens is 230 g/mol. The molecule has 5 nitrogen and oxygen atoms in total. The second kappa shape index (κ2) is 7.41. The Morgan fingerprint density at radius 1 is 1.56 bits per heavy atom. The van der Waals surface area contributed by atoms with E-state index in [1.165, 1.54) is 6.42 Å². The van der Waals surface area contributed by atoms with Crippen LogP contribution >= 0.6 is 0 Å². The Balaban J connectivity index is 1.90. The molecule has 0 aliphatic carbocycles. The average Bonchev–Trinajstić information content (AvgIpc) is 2.45. The summed E-state index contributed by atoms with van der Waals surface area (Å²) >= 11 is 0. The van der Waals surface area contributed by atoms with Crippen molar-refractivity contribution in [2.24, 2.45) is 5.92 Å². The first-order chi connectivity index (χ1) is 8.92. The topological polar surface area (TPSA) is 56.3 Å². The maximum Gasteiger partial charge on any atom is 0.115 e. The molecule has 2 rings (SSSR count). The summed E-state index contributed by atoms with van der Waals surface area (Å²) in [7, 11) is 1.72. The van der Waals surface area contributed by atoms with Crippen molar-refractivity contribution >= 4 is 0 Å². The molecule has 2 heterocycles. The van der Waals surface area contributed by atoms with Gasteiger partial charge in [-0.3, -0.25) is 0 Å². The molecule has 1 aromatic rings. The molecule has 0 aromatic carbocycles. The lowest BCUT2D eigenvalue weighted by Gasteiger charge is -2.31. The van der Waals surface area contributed by atoms with Crippen LogP contribution in [0.5, 0.6) is 0 Å². The van der Waals surface area contributed by atoms with E-state index in [9.17, 15) is 0 Å². The molecule has 5 heteroatoms. The van der Waals surface area contributed by atoms with E-state index in [0.29, 0.717) is 5.92 Å². The van der Waals surface area contributed by atoms with E-state index in [0.717, 1.165) is 38.4 Å². The summed E-state index contributed by atoms with van der Waals surface area (Å²) in [6.45, 7) is 3.39. The molecule has 1 aliphatic rings. The largest absolute Gasteiger partial charge is 0.383 e. The highest BCUT2D eigenvalue weighted by molar-refractivity contribution is 5.05. The fourth-order valence-corrected chi connectivity index (χ4v) is 2.31. The van der Waals surface area contributed by atoms with Crippen LogP contribution in [-0.4, -0.2) is 43.4 Å². The molecule has 0 spiro atoms. The second-order valence-corrected chi connectivity index (χ2v) is 4.52. The van der Waals surface area contributed by atoms with Gasteiger partial charge in [0.25, 0.3) is 0 Å². The highest BCUT2D eigenvalue weighted by Crippen LogP contribution is 2.31. The van der Waals surface area contributed by atoms with Crippen molar-refractivity contribution in [2.45, 2.75) is 18.9 Å². The van der Waals surface area contributed by atoms with Gasteiger partial charge in [-0.15, -0.1) is 0 Å². The van der Waals surface area contributed by atoms with Gasteiger partial charge >= 0.3 is 0 Å². The van der Waals surface area contributed by atoms with Crippen LogP contribution in [0.15, 0.2) is 18.6 Å². The lowest BCUT2D eigenvalue weighted by atomic mass is 9.92. The lowest BCUT2D eigenvalue weighted by molar-refractivity contribution is -0.0305. The number of nitrogens with one attached hydrogen (secondary N) is 1. The first-order valence-electron chi connectivity index (χ1n) is 6.49. The number of nitrogens with zero attached hydrogens (tertiary/aromatic N) is 2. The fourth-order valence-electron chi connectivity index (χ4n) is 2.31. The van der Waals surface area contributed by atoms with Crippen molar-refractivity contribution < 1.29 is 9.47 Å². The molecule has 1 aromatic heterocycles. The number of methoxy groups -OCH3 is 1. The van der Waals surface area contributed by atoms with E-state index in [2.05, 4.69) is 15.3 Å². The molecule has 100 valence electrons. The minimum Gasteiger partial charge on any atom is -0.383 e. The Morgan fingerprint density at radius 3 is 3.28 bits per heavy atom. The van der Waals surface area contributed by atoms with Crippen molar-refractivity contribution in [1.29, 1.82) is 0 Å². The third-order valence-electron chi connectivity index (χ3n) is 3.23. The molecule has 0 radical (unpaired) electrons. The van der Waals surface area contributed by atoms with Crippen molar-refractivity contribution in [3.63, 3.8) is 0 Å². The van der Waals surface area contributed by atoms with E-state index in [1.54, 1.807) is 19.6 Å². The zero-order valence-electron chi connectivity index (χ0n) is 10.8. The Bertz CT molecular complexity index is 334. The molecule has 1 aliphatic heterocycles. The maximum atomic E-state index is 5.87. The van der Waals surface area contributed by atoms with Gasteiger partial charge in [-0.1, -0.05) is 0 Å².